The second-order valence-corrected chi connectivity index (χ2v) is 8.76. The van der Waals surface area contributed by atoms with Gasteiger partial charge in [-0.05, 0) is 49.4 Å². The summed E-state index contributed by atoms with van der Waals surface area (Å²) in [6, 6.07) is 5.64. The van der Waals surface area contributed by atoms with E-state index in [0.717, 1.165) is 12.8 Å². The monoisotopic (exact) mass is 383 g/mol. The maximum absolute atomic E-state index is 12.3. The van der Waals surface area contributed by atoms with Crippen molar-refractivity contribution in [3.63, 3.8) is 0 Å². The maximum Gasteiger partial charge on any atom is 0.321 e. The van der Waals surface area contributed by atoms with E-state index in [0.29, 0.717) is 31.1 Å². The van der Waals surface area contributed by atoms with Gasteiger partial charge >= 0.3 is 6.03 Å². The van der Waals surface area contributed by atoms with Gasteiger partial charge in [0.2, 0.25) is 10.0 Å². The molecule has 0 aromatic heterocycles. The van der Waals surface area contributed by atoms with Crippen molar-refractivity contribution in [1.29, 1.82) is 0 Å². The predicted octanol–water partition coefficient (Wildman–Crippen LogP) is 0.582. The van der Waals surface area contributed by atoms with Crippen LogP contribution in [0.4, 0.5) is 10.5 Å². The second kappa shape index (κ2) is 7.91. The molecule has 2 amide bonds. The van der Waals surface area contributed by atoms with Gasteiger partial charge in [-0.1, -0.05) is 0 Å². The summed E-state index contributed by atoms with van der Waals surface area (Å²) in [6.45, 7) is 0.981. The van der Waals surface area contributed by atoms with Crippen molar-refractivity contribution < 1.29 is 23.4 Å². The summed E-state index contributed by atoms with van der Waals surface area (Å²) < 4.78 is 27.0. The van der Waals surface area contributed by atoms with Gasteiger partial charge in [-0.2, -0.15) is 0 Å². The molecule has 2 unspecified atom stereocenters. The largest absolute Gasteiger partial charge is 0.396 e. The zero-order valence-electron chi connectivity index (χ0n) is 14.5. The molecule has 144 valence electrons. The van der Waals surface area contributed by atoms with Gasteiger partial charge in [-0.3, -0.25) is 0 Å². The number of rotatable bonds is 6. The number of piperidine rings is 1. The topological polar surface area (TPSA) is 119 Å². The molecule has 1 aliphatic carbocycles. The summed E-state index contributed by atoms with van der Waals surface area (Å²) in [6.07, 6.45) is 1.93. The van der Waals surface area contributed by atoms with E-state index in [9.17, 15) is 18.3 Å². The van der Waals surface area contributed by atoms with E-state index in [1.807, 2.05) is 0 Å². The lowest BCUT2D eigenvalue weighted by Gasteiger charge is -2.35. The Labute approximate surface area is 153 Å². The van der Waals surface area contributed by atoms with Crippen LogP contribution in [0.15, 0.2) is 29.2 Å². The van der Waals surface area contributed by atoms with Gasteiger partial charge in [0.25, 0.3) is 0 Å². The Kier molecular flexibility index (Phi) is 5.81. The van der Waals surface area contributed by atoms with E-state index in [-0.39, 0.29) is 30.0 Å². The molecule has 1 aliphatic heterocycles. The van der Waals surface area contributed by atoms with Crippen LogP contribution in [0.5, 0.6) is 0 Å². The molecule has 1 heterocycles. The normalized spacial score (nSPS) is 23.7. The highest BCUT2D eigenvalue weighted by Crippen LogP contribution is 2.28. The lowest BCUT2D eigenvalue weighted by molar-refractivity contribution is 0.0123. The van der Waals surface area contributed by atoms with Crippen molar-refractivity contribution >= 4 is 21.7 Å². The summed E-state index contributed by atoms with van der Waals surface area (Å²) in [5.74, 6) is 0.250. The van der Waals surface area contributed by atoms with E-state index in [1.165, 1.54) is 17.0 Å². The minimum Gasteiger partial charge on any atom is -0.396 e. The highest BCUT2D eigenvalue weighted by Gasteiger charge is 2.29. The lowest BCUT2D eigenvalue weighted by Crippen LogP contribution is -2.49. The number of aliphatic hydroxyl groups excluding tert-OH is 2. The molecule has 2 atom stereocenters. The van der Waals surface area contributed by atoms with Crippen LogP contribution in [0.1, 0.15) is 19.3 Å². The minimum absolute atomic E-state index is 0.0959. The SMILES string of the molecule is O=C(Nc1ccc(S(=O)(=O)NCC2CC2)cc1)N1CCC(CO)C(O)C1. The van der Waals surface area contributed by atoms with Gasteiger partial charge in [0.15, 0.2) is 0 Å². The van der Waals surface area contributed by atoms with Crippen LogP contribution in [0.2, 0.25) is 0 Å². The molecule has 1 aromatic rings. The number of carbonyl (C=O) groups excluding carboxylic acids is 1. The van der Waals surface area contributed by atoms with E-state index in [4.69, 9.17) is 5.11 Å². The summed E-state index contributed by atoms with van der Waals surface area (Å²) in [7, 11) is -3.53. The van der Waals surface area contributed by atoms with Crippen LogP contribution in [0.25, 0.3) is 0 Å². The Bertz CT molecular complexity index is 733. The number of benzene rings is 1. The summed E-state index contributed by atoms with van der Waals surface area (Å²) in [4.78, 5) is 13.9. The molecule has 26 heavy (non-hydrogen) atoms. The Morgan fingerprint density at radius 2 is 1.88 bits per heavy atom. The molecule has 1 saturated heterocycles. The zero-order valence-corrected chi connectivity index (χ0v) is 15.3. The van der Waals surface area contributed by atoms with Crippen molar-refractivity contribution in [3.8, 4) is 0 Å². The van der Waals surface area contributed by atoms with Gasteiger partial charge in [-0.25, -0.2) is 17.9 Å². The molecular formula is C17H25N3O5S. The van der Waals surface area contributed by atoms with Crippen molar-refractivity contribution in [2.24, 2.45) is 11.8 Å². The highest BCUT2D eigenvalue weighted by molar-refractivity contribution is 7.89. The summed E-state index contributed by atoms with van der Waals surface area (Å²) in [5, 5.41) is 21.8. The number of β-amino-alcohol motifs (C(OH)–C–C–N with tert-alkyl or cyclic N) is 1. The molecule has 3 rings (SSSR count). The molecule has 4 N–H and O–H groups in total. The van der Waals surface area contributed by atoms with Gasteiger partial charge in [-0.15, -0.1) is 0 Å². The Hall–Kier alpha value is -1.68. The zero-order chi connectivity index (χ0) is 18.7. The number of anilines is 1. The average Bonchev–Trinajstić information content (AvgIpc) is 3.45. The number of hydrogen-bond donors (Lipinski definition) is 4. The number of amides is 2. The Morgan fingerprint density at radius 3 is 2.46 bits per heavy atom. The number of urea groups is 1. The van der Waals surface area contributed by atoms with Gasteiger partial charge in [0.05, 0.1) is 11.0 Å². The van der Waals surface area contributed by atoms with Crippen molar-refractivity contribution in [3.05, 3.63) is 24.3 Å². The van der Waals surface area contributed by atoms with Crippen LogP contribution < -0.4 is 10.0 Å². The number of carbonyl (C=O) groups is 1. The Morgan fingerprint density at radius 1 is 1.19 bits per heavy atom. The quantitative estimate of drug-likeness (QED) is 0.573. The summed E-state index contributed by atoms with van der Waals surface area (Å²) >= 11 is 0. The lowest BCUT2D eigenvalue weighted by atomic mass is 9.95. The number of hydrogen-bond acceptors (Lipinski definition) is 5. The molecule has 2 fully saturated rings. The fourth-order valence-corrected chi connectivity index (χ4v) is 4.05. The second-order valence-electron chi connectivity index (χ2n) is 6.99. The standard InChI is InChI=1S/C17H25N3O5S/c21-11-13-7-8-20(10-16(13)22)17(23)19-14-3-5-15(6-4-14)26(24,25)18-9-12-1-2-12/h3-6,12-13,16,18,21-22H,1-2,7-11H2,(H,19,23). The fourth-order valence-electron chi connectivity index (χ4n) is 2.93. The highest BCUT2D eigenvalue weighted by atomic mass is 32.2. The van der Waals surface area contributed by atoms with E-state index >= 15 is 0 Å². The number of likely N-dealkylation sites (tertiary alicyclic amines) is 1. The molecule has 2 aliphatic rings. The van der Waals surface area contributed by atoms with Crippen LogP contribution >= 0.6 is 0 Å². The first kappa shape index (κ1) is 19.1. The number of nitrogens with zero attached hydrogens (tertiary/aromatic N) is 1. The van der Waals surface area contributed by atoms with Crippen molar-refractivity contribution in [1.82, 2.24) is 9.62 Å². The van der Waals surface area contributed by atoms with E-state index in [2.05, 4.69) is 10.0 Å². The molecule has 9 heteroatoms. The molecule has 0 spiro atoms. The molecule has 0 radical (unpaired) electrons. The molecule has 1 saturated carbocycles. The fraction of sp³-hybridized carbons (Fsp3) is 0.588. The van der Waals surface area contributed by atoms with Crippen LogP contribution in [-0.2, 0) is 10.0 Å². The van der Waals surface area contributed by atoms with Gasteiger partial charge in [0.1, 0.15) is 0 Å². The number of sulfonamides is 1. The average molecular weight is 383 g/mol. The predicted molar refractivity (Wildman–Crippen MR) is 96.1 cm³/mol. The first-order valence-corrected chi connectivity index (χ1v) is 10.3. The summed E-state index contributed by atoms with van der Waals surface area (Å²) in [5.41, 5.74) is 0.481. The van der Waals surface area contributed by atoms with E-state index < -0.39 is 16.1 Å². The number of aliphatic hydroxyl groups is 2. The van der Waals surface area contributed by atoms with Crippen molar-refractivity contribution in [2.45, 2.75) is 30.3 Å². The molecular weight excluding hydrogens is 358 g/mol. The molecule has 1 aromatic carbocycles. The maximum atomic E-state index is 12.3. The van der Waals surface area contributed by atoms with Crippen LogP contribution in [0, 0.1) is 11.8 Å². The first-order chi connectivity index (χ1) is 12.4. The smallest absolute Gasteiger partial charge is 0.321 e. The third-order valence-electron chi connectivity index (χ3n) is 4.92. The van der Waals surface area contributed by atoms with Crippen LogP contribution in [0.3, 0.4) is 0 Å². The van der Waals surface area contributed by atoms with Crippen LogP contribution in [-0.4, -0.2) is 61.9 Å². The third kappa shape index (κ3) is 4.73. The van der Waals surface area contributed by atoms with E-state index in [1.54, 1.807) is 12.1 Å². The van der Waals surface area contributed by atoms with Crippen molar-refractivity contribution in [2.75, 3.05) is 31.6 Å². The minimum atomic E-state index is -3.53. The number of nitrogens with one attached hydrogen (secondary N) is 2. The third-order valence-corrected chi connectivity index (χ3v) is 6.36. The first-order valence-electron chi connectivity index (χ1n) is 8.83. The van der Waals surface area contributed by atoms with Gasteiger partial charge in [0, 0.05) is 37.8 Å². The molecule has 8 nitrogen and oxygen atoms in total. The molecule has 0 bridgehead atoms. The Balaban J connectivity index is 1.56. The van der Waals surface area contributed by atoms with Gasteiger partial charge < -0.3 is 20.4 Å².